The number of fused-ring (bicyclic) bond motifs is 1. The second-order valence-electron chi connectivity index (χ2n) is 11.6. The monoisotopic (exact) mass is 490 g/mol. The lowest BCUT2D eigenvalue weighted by atomic mass is 9.57. The Hall–Kier alpha value is -2.33. The first kappa shape index (κ1) is 25.8. The highest BCUT2D eigenvalue weighted by Gasteiger charge is 2.56. The van der Waals surface area contributed by atoms with Gasteiger partial charge in [0.2, 0.25) is 0 Å². The summed E-state index contributed by atoms with van der Waals surface area (Å²) in [4.78, 5) is 13.3. The van der Waals surface area contributed by atoms with Gasteiger partial charge in [-0.1, -0.05) is 94.8 Å². The van der Waals surface area contributed by atoms with E-state index in [9.17, 15) is 4.79 Å². The largest absolute Gasteiger partial charge is 0.537 e. The molecule has 1 saturated carbocycles. The molecule has 1 fully saturated rings. The molecule has 35 heavy (non-hydrogen) atoms. The van der Waals surface area contributed by atoms with Gasteiger partial charge < -0.3 is 9.16 Å². The number of hydrogen-bond donors (Lipinski definition) is 0. The van der Waals surface area contributed by atoms with E-state index < -0.39 is 13.7 Å². The second kappa shape index (κ2) is 9.97. The lowest BCUT2D eigenvalue weighted by Crippen LogP contribution is -2.66. The van der Waals surface area contributed by atoms with Gasteiger partial charge in [0.25, 0.3) is 0 Å². The van der Waals surface area contributed by atoms with Gasteiger partial charge in [-0.25, -0.2) is 0 Å². The number of carbonyl (C=O) groups is 1. The first-order valence-corrected chi connectivity index (χ1v) is 15.3. The third-order valence-corrected chi connectivity index (χ3v) is 13.6. The molecule has 0 spiro atoms. The molecule has 0 unspecified atom stereocenters. The van der Waals surface area contributed by atoms with Crippen molar-refractivity contribution >= 4 is 24.7 Å². The highest BCUT2D eigenvalue weighted by molar-refractivity contribution is 6.99. The van der Waals surface area contributed by atoms with Gasteiger partial charge in [0.15, 0.2) is 0 Å². The molecule has 2 aliphatic rings. The Bertz CT molecular complexity index is 1010. The van der Waals surface area contributed by atoms with Crippen molar-refractivity contribution in [2.75, 3.05) is 6.61 Å². The molecule has 188 valence electrons. The van der Waals surface area contributed by atoms with E-state index in [1.165, 1.54) is 15.9 Å². The van der Waals surface area contributed by atoms with Gasteiger partial charge in [-0.05, 0) is 65.9 Å². The molecule has 0 saturated heterocycles. The Morgan fingerprint density at radius 1 is 1.00 bits per heavy atom. The van der Waals surface area contributed by atoms with Crippen molar-refractivity contribution in [3.63, 3.8) is 0 Å². The molecule has 0 bridgehead atoms. The minimum Gasteiger partial charge on any atom is -0.537 e. The zero-order valence-corrected chi connectivity index (χ0v) is 23.4. The van der Waals surface area contributed by atoms with Crippen molar-refractivity contribution in [1.82, 2.24) is 0 Å². The summed E-state index contributed by atoms with van der Waals surface area (Å²) >= 11 is 0. The molecule has 0 heterocycles. The number of rotatable bonds is 6. The van der Waals surface area contributed by atoms with E-state index in [0.717, 1.165) is 37.9 Å². The van der Waals surface area contributed by atoms with Gasteiger partial charge in [-0.2, -0.15) is 0 Å². The quantitative estimate of drug-likeness (QED) is 0.337. The van der Waals surface area contributed by atoms with Crippen molar-refractivity contribution < 1.29 is 14.0 Å². The molecule has 2 aromatic carbocycles. The molecule has 3 atom stereocenters. The Morgan fingerprint density at radius 3 is 2.09 bits per heavy atom. The van der Waals surface area contributed by atoms with Crippen molar-refractivity contribution in [2.24, 2.45) is 17.3 Å². The van der Waals surface area contributed by atoms with E-state index in [1.54, 1.807) is 0 Å². The molecule has 0 amide bonds. The zero-order valence-electron chi connectivity index (χ0n) is 22.4. The van der Waals surface area contributed by atoms with Crippen LogP contribution in [0, 0.1) is 17.3 Å². The number of hydrogen-bond acceptors (Lipinski definition) is 3. The fraction of sp³-hybridized carbons (Fsp3) is 0.516. The average molecular weight is 491 g/mol. The molecular weight excluding hydrogens is 448 g/mol. The van der Waals surface area contributed by atoms with Crippen molar-refractivity contribution in [3.8, 4) is 0 Å². The van der Waals surface area contributed by atoms with Crippen LogP contribution in [0.25, 0.3) is 0 Å². The predicted molar refractivity (Wildman–Crippen MR) is 146 cm³/mol. The van der Waals surface area contributed by atoms with E-state index in [0.29, 0.717) is 6.61 Å². The molecule has 0 aliphatic heterocycles. The molecule has 0 aromatic heterocycles. The fourth-order valence-electron chi connectivity index (χ4n) is 6.54. The normalized spacial score (nSPS) is 25.1. The maximum Gasteiger partial charge on any atom is 0.319 e. The van der Waals surface area contributed by atoms with Gasteiger partial charge >= 0.3 is 14.3 Å². The van der Waals surface area contributed by atoms with Crippen LogP contribution in [0.15, 0.2) is 72.0 Å². The van der Waals surface area contributed by atoms with Crippen LogP contribution in [0.1, 0.15) is 73.6 Å². The van der Waals surface area contributed by atoms with Crippen LogP contribution in [0.5, 0.6) is 0 Å². The minimum atomic E-state index is -2.71. The topological polar surface area (TPSA) is 35.5 Å². The molecule has 3 nitrogen and oxygen atoms in total. The zero-order chi connectivity index (χ0) is 25.3. The highest BCUT2D eigenvalue weighted by atomic mass is 28.4. The lowest BCUT2D eigenvalue weighted by Gasteiger charge is -2.51. The number of carbonyl (C=O) groups excluding carboxylic acids is 1. The van der Waals surface area contributed by atoms with E-state index in [4.69, 9.17) is 9.16 Å². The van der Waals surface area contributed by atoms with Gasteiger partial charge in [0.1, 0.15) is 0 Å². The standard InChI is InChI=1S/C31H42O3Si/c1-7-33-29(32)31(6)23(2)22-28(26-20-14-15-21-27(26)31)34-35(30(3,4)5,24-16-10-8-11-17-24)25-18-12-9-13-19-25/h8-13,16-19,23,27H,7,14-15,20-22H2,1-6H3/t23-,27-,31-/m0/s1. The van der Waals surface area contributed by atoms with Crippen molar-refractivity contribution in [2.45, 2.75) is 78.7 Å². The summed E-state index contributed by atoms with van der Waals surface area (Å²) in [5.74, 6) is 1.45. The Kier molecular flexibility index (Phi) is 7.33. The van der Waals surface area contributed by atoms with Crippen LogP contribution < -0.4 is 10.4 Å². The van der Waals surface area contributed by atoms with Crippen LogP contribution in [0.2, 0.25) is 5.04 Å². The summed E-state index contributed by atoms with van der Waals surface area (Å²) in [7, 11) is -2.71. The first-order chi connectivity index (χ1) is 16.7. The maximum atomic E-state index is 13.3. The minimum absolute atomic E-state index is 0.0404. The third-order valence-electron chi connectivity index (χ3n) is 8.62. The van der Waals surface area contributed by atoms with E-state index in [-0.39, 0.29) is 22.8 Å². The predicted octanol–water partition coefficient (Wildman–Crippen LogP) is 6.62. The van der Waals surface area contributed by atoms with Crippen LogP contribution in [-0.4, -0.2) is 20.9 Å². The Balaban J connectivity index is 1.90. The summed E-state index contributed by atoms with van der Waals surface area (Å²) in [5, 5.41) is 2.51. The SMILES string of the molecule is CCOC(=O)[C@@]1(C)[C@@H](C)CC(O[Si](c2ccccc2)(c2ccccc2)C(C)(C)C)=C2CCCC[C@@H]21. The van der Waals surface area contributed by atoms with Crippen molar-refractivity contribution in [1.29, 1.82) is 0 Å². The number of benzene rings is 2. The van der Waals surface area contributed by atoms with Crippen molar-refractivity contribution in [3.05, 3.63) is 72.0 Å². The summed E-state index contributed by atoms with van der Waals surface area (Å²) in [6.45, 7) is 13.7. The van der Waals surface area contributed by atoms with E-state index in [1.807, 2.05) is 6.92 Å². The average Bonchev–Trinajstić information content (AvgIpc) is 2.86. The highest BCUT2D eigenvalue weighted by Crippen LogP contribution is 2.55. The van der Waals surface area contributed by atoms with Crippen LogP contribution in [0.3, 0.4) is 0 Å². The second-order valence-corrected chi connectivity index (χ2v) is 15.8. The summed E-state index contributed by atoms with van der Waals surface area (Å²) in [6, 6.07) is 21.7. The smallest absolute Gasteiger partial charge is 0.319 e. The number of allylic oxidation sites excluding steroid dienone is 2. The molecule has 4 rings (SSSR count). The Labute approximate surface area is 213 Å². The molecule has 0 radical (unpaired) electrons. The lowest BCUT2D eigenvalue weighted by molar-refractivity contribution is -0.162. The van der Waals surface area contributed by atoms with Crippen LogP contribution in [-0.2, 0) is 14.0 Å². The van der Waals surface area contributed by atoms with E-state index >= 15 is 0 Å². The van der Waals surface area contributed by atoms with Gasteiger partial charge in [-0.15, -0.1) is 0 Å². The van der Waals surface area contributed by atoms with Crippen LogP contribution in [0.4, 0.5) is 0 Å². The Morgan fingerprint density at radius 2 is 1.57 bits per heavy atom. The van der Waals surface area contributed by atoms with Crippen LogP contribution >= 0.6 is 0 Å². The van der Waals surface area contributed by atoms with Gasteiger partial charge in [-0.3, -0.25) is 4.79 Å². The summed E-state index contributed by atoms with van der Waals surface area (Å²) in [5.41, 5.74) is 0.877. The molecular formula is C31H42O3Si. The summed E-state index contributed by atoms with van der Waals surface area (Å²) < 4.78 is 13.2. The number of ether oxygens (including phenoxy) is 1. The summed E-state index contributed by atoms with van der Waals surface area (Å²) in [6.07, 6.45) is 5.14. The fourth-order valence-corrected chi connectivity index (χ4v) is 11.1. The van der Waals surface area contributed by atoms with Gasteiger partial charge in [0.05, 0.1) is 17.8 Å². The van der Waals surface area contributed by atoms with E-state index in [2.05, 4.69) is 95.3 Å². The number of esters is 1. The third kappa shape index (κ3) is 4.39. The van der Waals surface area contributed by atoms with Gasteiger partial charge in [0, 0.05) is 6.42 Å². The molecule has 2 aliphatic carbocycles. The molecule has 2 aromatic rings. The maximum absolute atomic E-state index is 13.3. The molecule has 0 N–H and O–H groups in total. The first-order valence-electron chi connectivity index (χ1n) is 13.4. The molecule has 4 heteroatoms.